The van der Waals surface area contributed by atoms with Crippen molar-refractivity contribution in [2.45, 2.75) is 6.92 Å². The summed E-state index contributed by atoms with van der Waals surface area (Å²) >= 11 is 6.02. The number of nitrogens with zero attached hydrogens (tertiary/aromatic N) is 3. The molecule has 0 aliphatic rings. The van der Waals surface area contributed by atoms with E-state index in [0.717, 1.165) is 16.8 Å². The number of hydrogen-bond donors (Lipinski definition) is 1. The van der Waals surface area contributed by atoms with Crippen LogP contribution in [0.4, 0.5) is 5.69 Å². The molecule has 1 heterocycles. The minimum absolute atomic E-state index is 0.0929. The highest BCUT2D eigenvalue weighted by molar-refractivity contribution is 6.30. The van der Waals surface area contributed by atoms with Gasteiger partial charge in [-0.15, -0.1) is 5.10 Å². The van der Waals surface area contributed by atoms with Gasteiger partial charge in [-0.25, -0.2) is 9.67 Å². The maximum Gasteiger partial charge on any atom is 0.295 e. The van der Waals surface area contributed by atoms with E-state index in [1.807, 2.05) is 73.7 Å². The first-order chi connectivity index (χ1) is 13.6. The molecular formula is C22H17ClN4O. The topological polar surface area (TPSA) is 59.8 Å². The van der Waals surface area contributed by atoms with Crippen LogP contribution in [0.3, 0.4) is 0 Å². The first kappa shape index (κ1) is 17.9. The zero-order valence-electron chi connectivity index (χ0n) is 15.1. The Balaban J connectivity index is 1.77. The first-order valence-corrected chi connectivity index (χ1v) is 9.14. The van der Waals surface area contributed by atoms with E-state index in [1.54, 1.807) is 16.8 Å². The van der Waals surface area contributed by atoms with Crippen molar-refractivity contribution in [3.63, 3.8) is 0 Å². The van der Waals surface area contributed by atoms with Crippen LogP contribution < -0.4 is 5.32 Å². The lowest BCUT2D eigenvalue weighted by atomic mass is 10.2. The van der Waals surface area contributed by atoms with Gasteiger partial charge >= 0.3 is 0 Å². The quantitative estimate of drug-likeness (QED) is 0.526. The lowest BCUT2D eigenvalue weighted by molar-refractivity contribution is 0.101. The van der Waals surface area contributed by atoms with Gasteiger partial charge in [-0.3, -0.25) is 4.79 Å². The van der Waals surface area contributed by atoms with E-state index >= 15 is 0 Å². The molecule has 0 saturated carbocycles. The Morgan fingerprint density at radius 1 is 0.964 bits per heavy atom. The fraction of sp³-hybridized carbons (Fsp3) is 0.0455. The molecule has 4 rings (SSSR count). The molecule has 0 radical (unpaired) electrons. The largest absolute Gasteiger partial charge is 0.319 e. The number of aromatic nitrogens is 3. The predicted octanol–water partition coefficient (Wildman–Crippen LogP) is 5.15. The lowest BCUT2D eigenvalue weighted by Crippen LogP contribution is -2.14. The molecule has 4 aromatic rings. The van der Waals surface area contributed by atoms with Gasteiger partial charge in [0.15, 0.2) is 5.82 Å². The first-order valence-electron chi connectivity index (χ1n) is 8.76. The van der Waals surface area contributed by atoms with Crippen molar-refractivity contribution in [1.29, 1.82) is 0 Å². The van der Waals surface area contributed by atoms with Gasteiger partial charge in [-0.05, 0) is 61.0 Å². The average Bonchev–Trinajstić information content (AvgIpc) is 3.15. The van der Waals surface area contributed by atoms with Gasteiger partial charge in [0.05, 0.1) is 5.69 Å². The van der Waals surface area contributed by atoms with E-state index in [4.69, 9.17) is 11.6 Å². The van der Waals surface area contributed by atoms with Gasteiger partial charge in [0, 0.05) is 16.3 Å². The fourth-order valence-electron chi connectivity index (χ4n) is 2.84. The number of halogens is 1. The Labute approximate surface area is 167 Å². The van der Waals surface area contributed by atoms with Crippen LogP contribution in [0, 0.1) is 6.92 Å². The molecule has 1 N–H and O–H groups in total. The summed E-state index contributed by atoms with van der Waals surface area (Å²) in [5.41, 5.74) is 3.42. The van der Waals surface area contributed by atoms with Gasteiger partial charge in [0.25, 0.3) is 5.91 Å². The second-order valence-corrected chi connectivity index (χ2v) is 6.77. The van der Waals surface area contributed by atoms with Crippen molar-refractivity contribution in [2.24, 2.45) is 0 Å². The SMILES string of the molecule is Cc1cccc(-n2nc(C(=O)Nc3ccccc3)nc2-c2ccc(Cl)cc2)c1. The third-order valence-corrected chi connectivity index (χ3v) is 4.44. The Morgan fingerprint density at radius 2 is 1.71 bits per heavy atom. The summed E-state index contributed by atoms with van der Waals surface area (Å²) in [6, 6.07) is 24.4. The molecule has 0 aliphatic carbocycles. The standard InChI is InChI=1S/C22H17ClN4O/c1-15-6-5-9-19(14-15)27-21(16-10-12-17(23)13-11-16)25-20(26-27)22(28)24-18-7-3-2-4-8-18/h2-14H,1H3,(H,24,28). The van der Waals surface area contributed by atoms with E-state index < -0.39 is 0 Å². The molecule has 0 unspecified atom stereocenters. The number of amides is 1. The molecule has 0 spiro atoms. The molecule has 28 heavy (non-hydrogen) atoms. The third-order valence-electron chi connectivity index (χ3n) is 4.19. The molecule has 0 fully saturated rings. The highest BCUT2D eigenvalue weighted by atomic mass is 35.5. The van der Waals surface area contributed by atoms with Gasteiger partial charge in [-0.1, -0.05) is 41.9 Å². The van der Waals surface area contributed by atoms with E-state index in [9.17, 15) is 4.79 Å². The predicted molar refractivity (Wildman–Crippen MR) is 111 cm³/mol. The molecule has 6 heteroatoms. The van der Waals surface area contributed by atoms with Gasteiger partial charge < -0.3 is 5.32 Å². The average molecular weight is 389 g/mol. The number of para-hydroxylation sites is 1. The summed E-state index contributed by atoms with van der Waals surface area (Å²) in [6.45, 7) is 2.01. The van der Waals surface area contributed by atoms with E-state index in [-0.39, 0.29) is 11.7 Å². The van der Waals surface area contributed by atoms with Crippen molar-refractivity contribution in [3.05, 3.63) is 95.3 Å². The number of carbonyl (C=O) groups is 1. The molecule has 0 aliphatic heterocycles. The smallest absolute Gasteiger partial charge is 0.295 e. The van der Waals surface area contributed by atoms with Crippen LogP contribution in [0.1, 0.15) is 16.2 Å². The monoisotopic (exact) mass is 388 g/mol. The minimum Gasteiger partial charge on any atom is -0.319 e. The second-order valence-electron chi connectivity index (χ2n) is 6.34. The van der Waals surface area contributed by atoms with Crippen LogP contribution in [-0.4, -0.2) is 20.7 Å². The van der Waals surface area contributed by atoms with Crippen LogP contribution in [0.25, 0.3) is 17.1 Å². The molecule has 1 aromatic heterocycles. The van der Waals surface area contributed by atoms with Gasteiger partial charge in [-0.2, -0.15) is 0 Å². The summed E-state index contributed by atoms with van der Waals surface area (Å²) in [7, 11) is 0. The zero-order chi connectivity index (χ0) is 19.5. The van der Waals surface area contributed by atoms with Crippen LogP contribution in [0.5, 0.6) is 0 Å². The number of aryl methyl sites for hydroxylation is 1. The maximum absolute atomic E-state index is 12.7. The summed E-state index contributed by atoms with van der Waals surface area (Å²) in [4.78, 5) is 17.2. The Hall–Kier alpha value is -3.44. The molecule has 0 atom stereocenters. The van der Waals surface area contributed by atoms with E-state index in [2.05, 4.69) is 15.4 Å². The number of anilines is 1. The summed E-state index contributed by atoms with van der Waals surface area (Å²) in [6.07, 6.45) is 0. The minimum atomic E-state index is -0.368. The van der Waals surface area contributed by atoms with Crippen molar-refractivity contribution in [2.75, 3.05) is 5.32 Å². The lowest BCUT2D eigenvalue weighted by Gasteiger charge is -2.06. The fourth-order valence-corrected chi connectivity index (χ4v) is 2.97. The van der Waals surface area contributed by atoms with Crippen LogP contribution in [-0.2, 0) is 0 Å². The number of carbonyl (C=O) groups excluding carboxylic acids is 1. The Kier molecular flexibility index (Phi) is 4.91. The Bertz CT molecular complexity index is 1120. The summed E-state index contributed by atoms with van der Waals surface area (Å²) < 4.78 is 1.68. The number of rotatable bonds is 4. The molecule has 1 amide bonds. The number of nitrogens with one attached hydrogen (secondary N) is 1. The highest BCUT2D eigenvalue weighted by Crippen LogP contribution is 2.24. The van der Waals surface area contributed by atoms with E-state index in [0.29, 0.717) is 16.5 Å². The van der Waals surface area contributed by atoms with Crippen molar-refractivity contribution in [3.8, 4) is 17.1 Å². The van der Waals surface area contributed by atoms with Crippen LogP contribution in [0.15, 0.2) is 78.9 Å². The van der Waals surface area contributed by atoms with Gasteiger partial charge in [0.2, 0.25) is 5.82 Å². The van der Waals surface area contributed by atoms with Crippen LogP contribution >= 0.6 is 11.6 Å². The molecule has 0 saturated heterocycles. The molecule has 0 bridgehead atoms. The second kappa shape index (κ2) is 7.66. The summed E-state index contributed by atoms with van der Waals surface area (Å²) in [5, 5.41) is 7.93. The van der Waals surface area contributed by atoms with Crippen molar-refractivity contribution in [1.82, 2.24) is 14.8 Å². The van der Waals surface area contributed by atoms with Gasteiger partial charge in [0.1, 0.15) is 0 Å². The number of benzene rings is 3. The molecular weight excluding hydrogens is 372 g/mol. The van der Waals surface area contributed by atoms with E-state index in [1.165, 1.54) is 0 Å². The molecule has 138 valence electrons. The molecule has 3 aromatic carbocycles. The molecule has 5 nitrogen and oxygen atoms in total. The normalized spacial score (nSPS) is 10.6. The zero-order valence-corrected chi connectivity index (χ0v) is 15.9. The highest BCUT2D eigenvalue weighted by Gasteiger charge is 2.19. The van der Waals surface area contributed by atoms with Crippen molar-refractivity contribution >= 4 is 23.2 Å². The Morgan fingerprint density at radius 3 is 2.43 bits per heavy atom. The number of hydrogen-bond acceptors (Lipinski definition) is 3. The summed E-state index contributed by atoms with van der Waals surface area (Å²) in [5.74, 6) is 0.295. The third kappa shape index (κ3) is 3.80. The maximum atomic E-state index is 12.7. The van der Waals surface area contributed by atoms with Crippen LogP contribution in [0.2, 0.25) is 5.02 Å². The van der Waals surface area contributed by atoms with Crippen molar-refractivity contribution < 1.29 is 4.79 Å².